The SMILES string of the molecule is CCOC(=O)c1c(/N=C/c2ccc(/C=N/c3sc(Nc4ccc(C(=O)O)cc4)c(C(=O)OCC)c3C(=O)OCC)s2)sc(Nc2ccc(C(=O)O)cc2)c1C(=O)OCC. The lowest BCUT2D eigenvalue weighted by molar-refractivity contribution is 0.0481. The van der Waals surface area contributed by atoms with Gasteiger partial charge in [-0.25, -0.2) is 38.8 Å². The molecule has 0 aliphatic carbocycles. The van der Waals surface area contributed by atoms with Gasteiger partial charge in [0.15, 0.2) is 0 Å². The number of carbonyl (C=O) groups excluding carboxylic acids is 4. The number of benzene rings is 2. The second-order valence-corrected chi connectivity index (χ2v) is 14.8. The maximum Gasteiger partial charge on any atom is 0.342 e. The minimum atomic E-state index is -1.11. The van der Waals surface area contributed by atoms with Crippen LogP contribution in [0.3, 0.4) is 0 Å². The number of anilines is 4. The van der Waals surface area contributed by atoms with E-state index in [0.29, 0.717) is 21.1 Å². The van der Waals surface area contributed by atoms with Crippen LogP contribution < -0.4 is 10.6 Å². The number of aromatic carboxylic acids is 2. The molecule has 4 N–H and O–H groups in total. The Kier molecular flexibility index (Phi) is 14.8. The molecule has 5 rings (SSSR count). The molecular weight excluding hydrogens is 825 g/mol. The molecule has 3 aromatic heterocycles. The van der Waals surface area contributed by atoms with Crippen LogP contribution in [0.25, 0.3) is 0 Å². The monoisotopic (exact) mass is 860 g/mol. The Balaban J connectivity index is 1.50. The zero-order valence-electron chi connectivity index (χ0n) is 31.9. The van der Waals surface area contributed by atoms with Crippen LogP contribution >= 0.6 is 34.0 Å². The first kappa shape index (κ1) is 43.4. The van der Waals surface area contributed by atoms with E-state index in [9.17, 15) is 39.0 Å². The van der Waals surface area contributed by atoms with Gasteiger partial charge in [0.2, 0.25) is 0 Å². The average Bonchev–Trinajstić information content (AvgIpc) is 3.92. The van der Waals surface area contributed by atoms with Gasteiger partial charge < -0.3 is 39.8 Å². The highest BCUT2D eigenvalue weighted by Gasteiger charge is 2.32. The molecule has 0 amide bonds. The number of hydrogen-bond donors (Lipinski definition) is 4. The Labute approximate surface area is 348 Å². The summed E-state index contributed by atoms with van der Waals surface area (Å²) in [5.41, 5.74) is 0.597. The third-order valence-electron chi connectivity index (χ3n) is 7.74. The molecular formula is C40H36N4O12S3. The summed E-state index contributed by atoms with van der Waals surface area (Å²) in [7, 11) is 0. The van der Waals surface area contributed by atoms with E-state index in [1.807, 2.05) is 0 Å². The summed E-state index contributed by atoms with van der Waals surface area (Å²) in [6.07, 6.45) is 2.98. The van der Waals surface area contributed by atoms with Gasteiger partial charge in [-0.3, -0.25) is 0 Å². The Morgan fingerprint density at radius 3 is 1.14 bits per heavy atom. The molecule has 306 valence electrons. The number of ether oxygens (including phenoxy) is 4. The van der Waals surface area contributed by atoms with Crippen LogP contribution in [-0.2, 0) is 18.9 Å². The van der Waals surface area contributed by atoms with E-state index >= 15 is 0 Å². The molecule has 0 aliphatic rings. The number of nitrogens with zero attached hydrogens (tertiary/aromatic N) is 2. The number of hydrogen-bond acceptors (Lipinski definition) is 17. The highest BCUT2D eigenvalue weighted by molar-refractivity contribution is 7.21. The normalized spacial score (nSPS) is 11.1. The molecule has 0 saturated heterocycles. The molecule has 5 aromatic rings. The van der Waals surface area contributed by atoms with Crippen LogP contribution in [-0.4, -0.2) is 84.9 Å². The number of esters is 4. The second kappa shape index (κ2) is 20.1. The molecule has 0 radical (unpaired) electrons. The number of nitrogens with one attached hydrogen (secondary N) is 2. The van der Waals surface area contributed by atoms with Gasteiger partial charge in [-0.1, -0.05) is 22.7 Å². The van der Waals surface area contributed by atoms with E-state index in [1.54, 1.807) is 39.8 Å². The maximum atomic E-state index is 13.3. The maximum absolute atomic E-state index is 13.3. The van der Waals surface area contributed by atoms with Crippen LogP contribution in [0, 0.1) is 0 Å². The van der Waals surface area contributed by atoms with E-state index in [0.717, 1.165) is 22.7 Å². The van der Waals surface area contributed by atoms with Crippen molar-refractivity contribution in [3.63, 3.8) is 0 Å². The van der Waals surface area contributed by atoms with Crippen molar-refractivity contribution in [1.82, 2.24) is 0 Å². The Morgan fingerprint density at radius 2 is 0.831 bits per heavy atom. The van der Waals surface area contributed by atoms with Gasteiger partial charge in [0.05, 0.1) is 37.6 Å². The Bertz CT molecular complexity index is 2260. The van der Waals surface area contributed by atoms with Gasteiger partial charge in [-0.2, -0.15) is 0 Å². The van der Waals surface area contributed by atoms with Gasteiger partial charge >= 0.3 is 35.8 Å². The minimum Gasteiger partial charge on any atom is -0.478 e. The second-order valence-electron chi connectivity index (χ2n) is 11.6. The van der Waals surface area contributed by atoms with Gasteiger partial charge in [0, 0.05) is 33.6 Å². The van der Waals surface area contributed by atoms with Gasteiger partial charge in [0.25, 0.3) is 0 Å². The van der Waals surface area contributed by atoms with Crippen molar-refractivity contribution in [2.45, 2.75) is 27.7 Å². The fraction of sp³-hybridized carbons (Fsp3) is 0.200. The molecule has 59 heavy (non-hydrogen) atoms. The van der Waals surface area contributed by atoms with Crippen molar-refractivity contribution < 1.29 is 57.9 Å². The van der Waals surface area contributed by atoms with Crippen LogP contribution in [0.4, 0.5) is 31.4 Å². The van der Waals surface area contributed by atoms with Crippen molar-refractivity contribution >= 4 is 114 Å². The van der Waals surface area contributed by atoms with Gasteiger partial charge in [-0.05, 0) is 88.4 Å². The molecule has 19 heteroatoms. The van der Waals surface area contributed by atoms with Gasteiger partial charge in [-0.15, -0.1) is 11.3 Å². The topological polar surface area (TPSA) is 229 Å². The van der Waals surface area contributed by atoms with Crippen LogP contribution in [0.15, 0.2) is 70.6 Å². The van der Waals surface area contributed by atoms with E-state index in [2.05, 4.69) is 20.6 Å². The zero-order valence-corrected chi connectivity index (χ0v) is 34.3. The van der Waals surface area contributed by atoms with Crippen molar-refractivity contribution in [2.24, 2.45) is 9.98 Å². The zero-order chi connectivity index (χ0) is 42.6. The van der Waals surface area contributed by atoms with Gasteiger partial charge in [0.1, 0.15) is 42.3 Å². The van der Waals surface area contributed by atoms with Crippen LogP contribution in [0.5, 0.6) is 0 Å². The summed E-state index contributed by atoms with van der Waals surface area (Å²) in [6, 6.07) is 15.1. The van der Waals surface area contributed by atoms with Crippen molar-refractivity contribution in [3.05, 3.63) is 104 Å². The molecule has 0 saturated carbocycles. The summed E-state index contributed by atoms with van der Waals surface area (Å²) in [6.45, 7) is 6.59. The number of thiophene rings is 3. The lowest BCUT2D eigenvalue weighted by Crippen LogP contribution is -2.13. The average molecular weight is 861 g/mol. The van der Waals surface area contributed by atoms with E-state index in [-0.39, 0.29) is 79.8 Å². The van der Waals surface area contributed by atoms with Crippen molar-refractivity contribution in [3.8, 4) is 0 Å². The Hall–Kier alpha value is -6.70. The number of carboxylic acid groups (broad SMARTS) is 2. The molecule has 0 spiro atoms. The minimum absolute atomic E-state index is 0.0218. The Morgan fingerprint density at radius 1 is 0.508 bits per heavy atom. The lowest BCUT2D eigenvalue weighted by atomic mass is 10.1. The molecule has 3 heterocycles. The molecule has 0 atom stereocenters. The summed E-state index contributed by atoms with van der Waals surface area (Å²) in [5, 5.41) is 25.4. The smallest absolute Gasteiger partial charge is 0.342 e. The third-order valence-corrected chi connectivity index (χ3v) is 10.7. The fourth-order valence-corrected chi connectivity index (χ4v) is 8.02. The first-order valence-electron chi connectivity index (χ1n) is 17.8. The fourth-order valence-electron chi connectivity index (χ4n) is 5.18. The van der Waals surface area contributed by atoms with E-state index in [4.69, 9.17) is 18.9 Å². The van der Waals surface area contributed by atoms with Crippen LogP contribution in [0.1, 0.15) is 99.6 Å². The largest absolute Gasteiger partial charge is 0.478 e. The standard InChI is InChI=1S/C40H36N4O12S3/c1-5-53-37(49)27-29(39(51)55-7-3)33(43-23-13-9-21(10-14-23)35(45)46)58-31(27)41-19-25-17-18-26(57-25)20-42-32-28(38(50)54-6-2)30(40(52)56-8-4)34(59-32)44-24-15-11-22(12-16-24)36(47)48/h9-20,43-44H,5-8H2,1-4H3,(H,45,46)(H,47,48)/b41-19+,42-20+. The number of carboxylic acids is 2. The molecule has 0 fully saturated rings. The third kappa shape index (κ3) is 10.6. The lowest BCUT2D eigenvalue weighted by Gasteiger charge is -2.09. The first-order valence-corrected chi connectivity index (χ1v) is 20.2. The molecule has 0 unspecified atom stereocenters. The highest BCUT2D eigenvalue weighted by Crippen LogP contribution is 2.44. The summed E-state index contributed by atoms with van der Waals surface area (Å²) < 4.78 is 21.1. The summed E-state index contributed by atoms with van der Waals surface area (Å²) in [5.74, 6) is -5.38. The van der Waals surface area contributed by atoms with E-state index < -0.39 is 35.8 Å². The van der Waals surface area contributed by atoms with Crippen LogP contribution in [0.2, 0.25) is 0 Å². The summed E-state index contributed by atoms with van der Waals surface area (Å²) >= 11 is 3.24. The number of rotatable bonds is 18. The first-order chi connectivity index (χ1) is 28.4. The molecule has 0 aliphatic heterocycles. The highest BCUT2D eigenvalue weighted by atomic mass is 32.1. The van der Waals surface area contributed by atoms with Crippen molar-refractivity contribution in [1.29, 1.82) is 0 Å². The quantitative estimate of drug-likeness (QED) is 0.0366. The number of aliphatic imine (C=N–C) groups is 2. The number of carbonyl (C=O) groups is 6. The predicted molar refractivity (Wildman–Crippen MR) is 225 cm³/mol. The summed E-state index contributed by atoms with van der Waals surface area (Å²) in [4.78, 5) is 86.1. The molecule has 16 nitrogen and oxygen atoms in total. The molecule has 0 bridgehead atoms. The van der Waals surface area contributed by atoms with Crippen molar-refractivity contribution in [2.75, 3.05) is 37.1 Å². The molecule has 2 aromatic carbocycles. The predicted octanol–water partition coefficient (Wildman–Crippen LogP) is 8.96. The van der Waals surface area contributed by atoms with E-state index in [1.165, 1.54) is 72.3 Å².